The van der Waals surface area contributed by atoms with Crippen LogP contribution in [0.4, 0.5) is 13.2 Å². The number of halogens is 3. The van der Waals surface area contributed by atoms with Gasteiger partial charge in [0.05, 0.1) is 4.90 Å². The van der Waals surface area contributed by atoms with E-state index in [2.05, 4.69) is 4.72 Å². The lowest BCUT2D eigenvalue weighted by molar-refractivity contribution is 0.0517. The second-order valence-corrected chi connectivity index (χ2v) is 8.10. The van der Waals surface area contributed by atoms with Crippen molar-refractivity contribution in [1.29, 1.82) is 0 Å². The molecule has 2 aromatic rings. The van der Waals surface area contributed by atoms with Crippen molar-refractivity contribution in [3.8, 4) is 0 Å². The average Bonchev–Trinajstić information content (AvgIpc) is 2.61. The fourth-order valence-corrected chi connectivity index (χ4v) is 4.30. The van der Waals surface area contributed by atoms with E-state index < -0.39 is 32.0 Å². The molecule has 0 saturated carbocycles. The van der Waals surface area contributed by atoms with Crippen LogP contribution in [0.3, 0.4) is 0 Å². The Labute approximate surface area is 150 Å². The van der Waals surface area contributed by atoms with Gasteiger partial charge >= 0.3 is 0 Å². The number of hydrogen-bond acceptors (Lipinski definition) is 3. The fourth-order valence-electron chi connectivity index (χ4n) is 3.13. The predicted octanol–water partition coefficient (Wildman–Crippen LogP) is 3.13. The maximum atomic E-state index is 13.3. The molecule has 1 aliphatic rings. The third-order valence-corrected chi connectivity index (χ3v) is 6.03. The minimum absolute atomic E-state index is 0.0163. The van der Waals surface area contributed by atoms with E-state index >= 15 is 0 Å². The number of sulfonamides is 1. The number of benzene rings is 2. The zero-order valence-corrected chi connectivity index (χ0v) is 14.7. The van der Waals surface area contributed by atoms with Crippen molar-refractivity contribution >= 4 is 10.0 Å². The molecule has 1 fully saturated rings. The Hall–Kier alpha value is -1.90. The molecule has 1 N–H and O–H groups in total. The Balaban J connectivity index is 1.87. The topological polar surface area (TPSA) is 55.4 Å². The molecule has 0 spiro atoms. The van der Waals surface area contributed by atoms with E-state index in [0.29, 0.717) is 32.1 Å². The van der Waals surface area contributed by atoms with Crippen LogP contribution in [0.15, 0.2) is 47.4 Å². The zero-order valence-electron chi connectivity index (χ0n) is 13.8. The Morgan fingerprint density at radius 3 is 2.08 bits per heavy atom. The smallest absolute Gasteiger partial charge is 0.240 e. The van der Waals surface area contributed by atoms with Crippen LogP contribution in [-0.4, -0.2) is 28.2 Å². The summed E-state index contributed by atoms with van der Waals surface area (Å²) in [7, 11) is -4.10. The Morgan fingerprint density at radius 2 is 1.50 bits per heavy atom. The van der Waals surface area contributed by atoms with Gasteiger partial charge in [-0.1, -0.05) is 12.1 Å². The molecule has 0 aliphatic carbocycles. The van der Waals surface area contributed by atoms with Crippen molar-refractivity contribution in [2.75, 3.05) is 19.8 Å². The third kappa shape index (κ3) is 4.08. The Kier molecular flexibility index (Phi) is 5.36. The standard InChI is InChI=1S/C18H18F3NO3S/c19-14-3-1-13(2-4-14)18(5-7-25-8-6-18)12-22-26(23,24)17-10-15(20)9-16(21)11-17/h1-4,9-11,22H,5-8,12H2. The predicted molar refractivity (Wildman–Crippen MR) is 89.7 cm³/mol. The van der Waals surface area contributed by atoms with Crippen LogP contribution in [0.2, 0.25) is 0 Å². The highest BCUT2D eigenvalue weighted by Crippen LogP contribution is 2.34. The van der Waals surface area contributed by atoms with Crippen LogP contribution < -0.4 is 4.72 Å². The van der Waals surface area contributed by atoms with Crippen molar-refractivity contribution < 1.29 is 26.3 Å². The first kappa shape index (κ1) is 18.9. The third-order valence-electron chi connectivity index (χ3n) is 4.65. The molecule has 1 aliphatic heterocycles. The molecule has 3 rings (SSSR count). The summed E-state index contributed by atoms with van der Waals surface area (Å²) in [6, 6.07) is 8.02. The summed E-state index contributed by atoms with van der Waals surface area (Å²) in [5, 5.41) is 0. The second kappa shape index (κ2) is 7.38. The van der Waals surface area contributed by atoms with E-state index in [1.807, 2.05) is 0 Å². The van der Waals surface area contributed by atoms with Crippen LogP contribution in [-0.2, 0) is 20.2 Å². The van der Waals surface area contributed by atoms with Gasteiger partial charge in [-0.25, -0.2) is 26.3 Å². The van der Waals surface area contributed by atoms with Crippen LogP contribution in [0, 0.1) is 17.5 Å². The van der Waals surface area contributed by atoms with Crippen LogP contribution >= 0.6 is 0 Å². The zero-order chi connectivity index (χ0) is 18.8. The highest BCUT2D eigenvalue weighted by Gasteiger charge is 2.36. The van der Waals surface area contributed by atoms with Crippen molar-refractivity contribution in [2.24, 2.45) is 0 Å². The van der Waals surface area contributed by atoms with Gasteiger partial charge in [0.2, 0.25) is 10.0 Å². The molecular weight excluding hydrogens is 367 g/mol. The molecule has 2 aromatic carbocycles. The van der Waals surface area contributed by atoms with E-state index in [4.69, 9.17) is 4.74 Å². The lowest BCUT2D eigenvalue weighted by Gasteiger charge is -2.37. The highest BCUT2D eigenvalue weighted by molar-refractivity contribution is 7.89. The Bertz CT molecular complexity index is 859. The van der Waals surface area contributed by atoms with Gasteiger partial charge in [0.1, 0.15) is 17.5 Å². The average molecular weight is 385 g/mol. The molecule has 0 amide bonds. The minimum Gasteiger partial charge on any atom is -0.381 e. The second-order valence-electron chi connectivity index (χ2n) is 6.33. The molecule has 140 valence electrons. The normalized spacial score (nSPS) is 17.2. The summed E-state index contributed by atoms with van der Waals surface area (Å²) in [5.41, 5.74) is 0.209. The molecule has 26 heavy (non-hydrogen) atoms. The maximum absolute atomic E-state index is 13.3. The van der Waals surface area contributed by atoms with Gasteiger partial charge in [-0.15, -0.1) is 0 Å². The van der Waals surface area contributed by atoms with Gasteiger partial charge in [0.15, 0.2) is 0 Å². The molecule has 1 saturated heterocycles. The van der Waals surface area contributed by atoms with Crippen LogP contribution in [0.25, 0.3) is 0 Å². The monoisotopic (exact) mass is 385 g/mol. The maximum Gasteiger partial charge on any atom is 0.240 e. The van der Waals surface area contributed by atoms with Crippen molar-refractivity contribution in [3.05, 3.63) is 65.5 Å². The van der Waals surface area contributed by atoms with Gasteiger partial charge < -0.3 is 4.74 Å². The van der Waals surface area contributed by atoms with Gasteiger partial charge in [0, 0.05) is 31.2 Å². The first-order valence-electron chi connectivity index (χ1n) is 8.10. The summed E-state index contributed by atoms with van der Waals surface area (Å²) < 4.78 is 72.7. The quantitative estimate of drug-likeness (QED) is 0.860. The molecular formula is C18H18F3NO3S. The van der Waals surface area contributed by atoms with E-state index in [1.165, 1.54) is 12.1 Å². The van der Waals surface area contributed by atoms with Gasteiger partial charge in [-0.05, 0) is 42.7 Å². The molecule has 4 nitrogen and oxygen atoms in total. The number of nitrogens with one attached hydrogen (secondary N) is 1. The summed E-state index contributed by atoms with van der Waals surface area (Å²) in [4.78, 5) is -0.476. The van der Waals surface area contributed by atoms with E-state index in [0.717, 1.165) is 17.7 Å². The molecule has 1 heterocycles. The largest absolute Gasteiger partial charge is 0.381 e. The molecule has 0 radical (unpaired) electrons. The molecule has 0 bridgehead atoms. The molecule has 0 atom stereocenters. The summed E-state index contributed by atoms with van der Waals surface area (Å²) in [6.45, 7) is 0.893. The summed E-state index contributed by atoms with van der Waals surface area (Å²) in [5.74, 6) is -2.32. The number of ether oxygens (including phenoxy) is 1. The first-order chi connectivity index (χ1) is 12.3. The van der Waals surface area contributed by atoms with Crippen LogP contribution in [0.5, 0.6) is 0 Å². The summed E-state index contributed by atoms with van der Waals surface area (Å²) in [6.07, 6.45) is 1.08. The van der Waals surface area contributed by atoms with Crippen molar-refractivity contribution in [2.45, 2.75) is 23.2 Å². The van der Waals surface area contributed by atoms with E-state index in [-0.39, 0.29) is 12.4 Å². The fraction of sp³-hybridized carbons (Fsp3) is 0.333. The SMILES string of the molecule is O=S(=O)(NCC1(c2ccc(F)cc2)CCOCC1)c1cc(F)cc(F)c1. The minimum atomic E-state index is -4.10. The van der Waals surface area contributed by atoms with Crippen LogP contribution in [0.1, 0.15) is 18.4 Å². The number of hydrogen-bond donors (Lipinski definition) is 1. The lowest BCUT2D eigenvalue weighted by atomic mass is 9.74. The van der Waals surface area contributed by atoms with Gasteiger partial charge in [0.25, 0.3) is 0 Å². The first-order valence-corrected chi connectivity index (χ1v) is 9.59. The van der Waals surface area contributed by atoms with E-state index in [1.54, 1.807) is 12.1 Å². The van der Waals surface area contributed by atoms with E-state index in [9.17, 15) is 21.6 Å². The van der Waals surface area contributed by atoms with Gasteiger partial charge in [-0.3, -0.25) is 0 Å². The molecule has 0 unspecified atom stereocenters. The van der Waals surface area contributed by atoms with Crippen molar-refractivity contribution in [1.82, 2.24) is 4.72 Å². The highest BCUT2D eigenvalue weighted by atomic mass is 32.2. The number of rotatable bonds is 5. The molecule has 8 heteroatoms. The van der Waals surface area contributed by atoms with Crippen molar-refractivity contribution in [3.63, 3.8) is 0 Å². The Morgan fingerprint density at radius 1 is 0.923 bits per heavy atom. The molecule has 0 aromatic heterocycles. The van der Waals surface area contributed by atoms with Gasteiger partial charge in [-0.2, -0.15) is 0 Å². The summed E-state index contributed by atoms with van der Waals surface area (Å²) >= 11 is 0. The lowest BCUT2D eigenvalue weighted by Crippen LogP contribution is -2.44.